The molecule has 30 heavy (non-hydrogen) atoms. The van der Waals surface area contributed by atoms with E-state index in [0.717, 1.165) is 15.7 Å². The number of nitrogens with one attached hydrogen (secondary N) is 2. The normalized spacial score (nSPS) is 10.8. The lowest BCUT2D eigenvalue weighted by Crippen LogP contribution is -2.20. The molecule has 0 aliphatic carbocycles. The Hall–Kier alpha value is -2.91. The molecule has 9 heteroatoms. The fourth-order valence-corrected chi connectivity index (χ4v) is 3.52. The number of rotatable bonds is 9. The van der Waals surface area contributed by atoms with E-state index in [-0.39, 0.29) is 12.5 Å². The zero-order chi connectivity index (χ0) is 21.3. The Kier molecular flexibility index (Phi) is 7.81. The number of nitrogens with zero attached hydrogens (tertiary/aromatic N) is 2. The quantitative estimate of drug-likeness (QED) is 0.324. The number of benzene rings is 2. The number of thiazole rings is 1. The van der Waals surface area contributed by atoms with Gasteiger partial charge < -0.3 is 14.8 Å². The van der Waals surface area contributed by atoms with Gasteiger partial charge in [0.2, 0.25) is 5.13 Å². The molecule has 3 aromatic rings. The fourth-order valence-electron chi connectivity index (χ4n) is 2.46. The van der Waals surface area contributed by atoms with Crippen molar-refractivity contribution in [3.63, 3.8) is 0 Å². The van der Waals surface area contributed by atoms with Crippen molar-refractivity contribution in [2.45, 2.75) is 13.8 Å². The van der Waals surface area contributed by atoms with Crippen LogP contribution in [0.4, 0.5) is 10.8 Å². The molecular formula is C21H21BrN4O3S. The van der Waals surface area contributed by atoms with Gasteiger partial charge in [0.05, 0.1) is 18.5 Å². The zero-order valence-corrected chi connectivity index (χ0v) is 18.9. The summed E-state index contributed by atoms with van der Waals surface area (Å²) in [6, 6.07) is 12.8. The van der Waals surface area contributed by atoms with Crippen LogP contribution in [0.25, 0.3) is 0 Å². The van der Waals surface area contributed by atoms with Crippen molar-refractivity contribution in [3.05, 3.63) is 63.6 Å². The van der Waals surface area contributed by atoms with Crippen LogP contribution in [0.5, 0.6) is 11.5 Å². The van der Waals surface area contributed by atoms with E-state index < -0.39 is 0 Å². The molecule has 1 amide bonds. The molecule has 0 atom stereocenters. The highest BCUT2D eigenvalue weighted by Gasteiger charge is 2.12. The first kappa shape index (κ1) is 21.8. The van der Waals surface area contributed by atoms with Gasteiger partial charge in [-0.1, -0.05) is 18.2 Å². The molecule has 1 aromatic heterocycles. The average molecular weight is 489 g/mol. The highest BCUT2D eigenvalue weighted by atomic mass is 79.9. The summed E-state index contributed by atoms with van der Waals surface area (Å²) in [4.78, 5) is 16.5. The third kappa shape index (κ3) is 6.30. The number of halogens is 1. The van der Waals surface area contributed by atoms with Crippen LogP contribution in [0.15, 0.2) is 57.4 Å². The van der Waals surface area contributed by atoms with Gasteiger partial charge in [-0.15, -0.1) is 11.3 Å². The van der Waals surface area contributed by atoms with Gasteiger partial charge in [-0.25, -0.2) is 4.98 Å². The smallest absolute Gasteiger partial charge is 0.262 e. The zero-order valence-electron chi connectivity index (χ0n) is 16.5. The second kappa shape index (κ2) is 10.7. The van der Waals surface area contributed by atoms with Crippen LogP contribution in [-0.2, 0) is 4.79 Å². The third-order valence-corrected chi connectivity index (χ3v) is 5.31. The number of carbonyl (C=O) groups excluding carboxylic acids is 1. The Labute approximate surface area is 187 Å². The molecule has 0 radical (unpaired) electrons. The summed E-state index contributed by atoms with van der Waals surface area (Å²) in [6.07, 6.45) is 1.66. The van der Waals surface area contributed by atoms with Gasteiger partial charge in [-0.2, -0.15) is 5.10 Å². The molecule has 0 aliphatic heterocycles. The van der Waals surface area contributed by atoms with Crippen LogP contribution in [0.3, 0.4) is 0 Å². The van der Waals surface area contributed by atoms with E-state index in [1.807, 2.05) is 49.6 Å². The van der Waals surface area contributed by atoms with Crippen molar-refractivity contribution in [2.75, 3.05) is 24.0 Å². The molecule has 156 valence electrons. The van der Waals surface area contributed by atoms with E-state index in [2.05, 4.69) is 36.8 Å². The van der Waals surface area contributed by atoms with Crippen LogP contribution in [0.2, 0.25) is 0 Å². The second-order valence-corrected chi connectivity index (χ2v) is 7.83. The summed E-state index contributed by atoms with van der Waals surface area (Å²) >= 11 is 5.00. The predicted molar refractivity (Wildman–Crippen MR) is 124 cm³/mol. The molecule has 0 aliphatic rings. The molecule has 2 aromatic carbocycles. The SMILES string of the molecule is CCOc1cc(C=NNc2nc(C)cs2)c(Br)cc1OCC(=O)Nc1ccccc1. The molecule has 0 saturated carbocycles. The predicted octanol–water partition coefficient (Wildman–Crippen LogP) is 5.08. The number of ether oxygens (including phenoxy) is 2. The van der Waals surface area contributed by atoms with Gasteiger partial charge in [-0.05, 0) is 54.0 Å². The maximum absolute atomic E-state index is 12.2. The number of anilines is 2. The summed E-state index contributed by atoms with van der Waals surface area (Å²) < 4.78 is 12.1. The maximum atomic E-state index is 12.2. The first-order valence-corrected chi connectivity index (χ1v) is 10.9. The highest BCUT2D eigenvalue weighted by Crippen LogP contribution is 2.33. The standard InChI is InChI=1S/C21H21BrN4O3S/c1-3-28-18-9-15(11-23-26-21-24-14(2)13-30-21)17(22)10-19(18)29-12-20(27)25-16-7-5-4-6-8-16/h4-11,13H,3,12H2,1-2H3,(H,24,26)(H,25,27). The van der Waals surface area contributed by atoms with Gasteiger partial charge in [0, 0.05) is 21.1 Å². The van der Waals surface area contributed by atoms with Crippen molar-refractivity contribution < 1.29 is 14.3 Å². The van der Waals surface area contributed by atoms with Gasteiger partial charge in [0.15, 0.2) is 18.1 Å². The monoisotopic (exact) mass is 488 g/mol. The van der Waals surface area contributed by atoms with Crippen LogP contribution < -0.4 is 20.2 Å². The molecule has 1 heterocycles. The van der Waals surface area contributed by atoms with Crippen molar-refractivity contribution in [3.8, 4) is 11.5 Å². The number of hydrogen-bond acceptors (Lipinski definition) is 7. The van der Waals surface area contributed by atoms with E-state index in [1.54, 1.807) is 18.3 Å². The van der Waals surface area contributed by atoms with Crippen LogP contribution in [0, 0.1) is 6.92 Å². The summed E-state index contributed by atoms with van der Waals surface area (Å²) in [7, 11) is 0. The van der Waals surface area contributed by atoms with E-state index in [4.69, 9.17) is 9.47 Å². The van der Waals surface area contributed by atoms with Gasteiger partial charge in [0.1, 0.15) is 0 Å². The Morgan fingerprint density at radius 1 is 1.23 bits per heavy atom. The first-order chi connectivity index (χ1) is 14.5. The molecule has 3 rings (SSSR count). The third-order valence-electron chi connectivity index (χ3n) is 3.76. The lowest BCUT2D eigenvalue weighted by molar-refractivity contribution is -0.118. The van der Waals surface area contributed by atoms with Crippen LogP contribution in [0.1, 0.15) is 18.2 Å². The molecular weight excluding hydrogens is 468 g/mol. The van der Waals surface area contributed by atoms with Crippen molar-refractivity contribution in [1.82, 2.24) is 4.98 Å². The molecule has 0 saturated heterocycles. The van der Waals surface area contributed by atoms with Crippen molar-refractivity contribution in [1.29, 1.82) is 0 Å². The Morgan fingerprint density at radius 2 is 2.00 bits per heavy atom. The molecule has 0 bridgehead atoms. The van der Waals surface area contributed by atoms with Crippen LogP contribution in [-0.4, -0.2) is 30.3 Å². The maximum Gasteiger partial charge on any atom is 0.262 e. The Bertz CT molecular complexity index is 1020. The summed E-state index contributed by atoms with van der Waals surface area (Å²) in [5.41, 5.74) is 5.35. The van der Waals surface area contributed by atoms with Crippen LogP contribution >= 0.6 is 27.3 Å². The van der Waals surface area contributed by atoms with Gasteiger partial charge in [0.25, 0.3) is 5.91 Å². The number of para-hydroxylation sites is 1. The number of carbonyl (C=O) groups is 1. The van der Waals surface area contributed by atoms with Crippen molar-refractivity contribution >= 4 is 50.2 Å². The second-order valence-electron chi connectivity index (χ2n) is 6.12. The summed E-state index contributed by atoms with van der Waals surface area (Å²) in [5, 5.41) is 9.67. The van der Waals surface area contributed by atoms with Gasteiger partial charge in [-0.3, -0.25) is 10.2 Å². The number of amides is 1. The number of aryl methyl sites for hydroxylation is 1. The van der Waals surface area contributed by atoms with E-state index in [1.165, 1.54) is 11.3 Å². The fraction of sp³-hybridized carbons (Fsp3) is 0.190. The summed E-state index contributed by atoms with van der Waals surface area (Å²) in [5.74, 6) is 0.737. The van der Waals surface area contributed by atoms with E-state index in [9.17, 15) is 4.79 Å². The molecule has 0 unspecified atom stereocenters. The number of hydrogen-bond donors (Lipinski definition) is 2. The Morgan fingerprint density at radius 3 is 2.70 bits per heavy atom. The highest BCUT2D eigenvalue weighted by molar-refractivity contribution is 9.10. The molecule has 7 nitrogen and oxygen atoms in total. The minimum atomic E-state index is -0.256. The minimum absolute atomic E-state index is 0.139. The molecule has 0 spiro atoms. The van der Waals surface area contributed by atoms with Gasteiger partial charge >= 0.3 is 0 Å². The Balaban J connectivity index is 1.66. The van der Waals surface area contributed by atoms with E-state index in [0.29, 0.717) is 28.9 Å². The molecule has 0 fully saturated rings. The molecule has 2 N–H and O–H groups in total. The van der Waals surface area contributed by atoms with Crippen molar-refractivity contribution in [2.24, 2.45) is 5.10 Å². The lowest BCUT2D eigenvalue weighted by Gasteiger charge is -2.14. The lowest BCUT2D eigenvalue weighted by atomic mass is 10.2. The largest absolute Gasteiger partial charge is 0.490 e. The topological polar surface area (TPSA) is 84.8 Å². The summed E-state index contributed by atoms with van der Waals surface area (Å²) in [6.45, 7) is 4.13. The average Bonchev–Trinajstić information content (AvgIpc) is 3.15. The first-order valence-electron chi connectivity index (χ1n) is 9.20. The number of hydrazone groups is 1. The van der Waals surface area contributed by atoms with E-state index >= 15 is 0 Å². The number of aromatic nitrogens is 1. The minimum Gasteiger partial charge on any atom is -0.490 e.